The predicted molar refractivity (Wildman–Crippen MR) is 92.2 cm³/mol. The maximum Gasteiger partial charge on any atom is 0.220 e. The minimum atomic E-state index is -0.700. The third-order valence-electron chi connectivity index (χ3n) is 4.59. The lowest BCUT2D eigenvalue weighted by atomic mass is 10.0. The number of aliphatic imine (C=N–C) groups is 1. The van der Waals surface area contributed by atoms with Crippen molar-refractivity contribution in [2.24, 2.45) is 4.99 Å². The molecule has 0 amide bonds. The van der Waals surface area contributed by atoms with Gasteiger partial charge in [-0.25, -0.2) is 4.99 Å². The van der Waals surface area contributed by atoms with E-state index >= 15 is 0 Å². The van der Waals surface area contributed by atoms with E-state index in [-0.39, 0.29) is 5.78 Å². The van der Waals surface area contributed by atoms with Crippen LogP contribution in [0.25, 0.3) is 0 Å². The molecule has 1 fully saturated rings. The normalized spacial score (nSPS) is 21.3. The Morgan fingerprint density at radius 3 is 2.71 bits per heavy atom. The monoisotopic (exact) mass is 322 g/mol. The Kier molecular flexibility index (Phi) is 3.30. The van der Waals surface area contributed by atoms with Gasteiger partial charge in [0.15, 0.2) is 12.1 Å². The highest BCUT2D eigenvalue weighted by Gasteiger charge is 2.45. The molecular weight excluding hydrogens is 304 g/mol. The molecule has 1 saturated heterocycles. The maximum absolute atomic E-state index is 12.8. The number of ketones is 1. The number of ether oxygens (including phenoxy) is 2. The summed E-state index contributed by atoms with van der Waals surface area (Å²) in [4.78, 5) is 17.4. The fourth-order valence-corrected chi connectivity index (χ4v) is 3.13. The topological polar surface area (TPSA) is 59.9 Å². The van der Waals surface area contributed by atoms with Crippen LogP contribution in [0.4, 0.5) is 11.4 Å². The van der Waals surface area contributed by atoms with Gasteiger partial charge in [0.2, 0.25) is 11.7 Å². The maximum atomic E-state index is 12.8. The number of nitrogens with one attached hydrogen (secondary N) is 1. The molecule has 0 aliphatic carbocycles. The van der Waals surface area contributed by atoms with Crippen LogP contribution in [0.3, 0.4) is 0 Å². The van der Waals surface area contributed by atoms with Gasteiger partial charge in [-0.3, -0.25) is 4.79 Å². The van der Waals surface area contributed by atoms with E-state index in [9.17, 15) is 4.79 Å². The van der Waals surface area contributed by atoms with Crippen molar-refractivity contribution in [3.63, 3.8) is 0 Å². The average molecular weight is 322 g/mol. The fraction of sp³-hybridized carbons (Fsp3) is 0.263. The van der Waals surface area contributed by atoms with Crippen LogP contribution in [-0.2, 0) is 9.53 Å². The Balaban J connectivity index is 1.73. The quantitative estimate of drug-likeness (QED) is 0.919. The van der Waals surface area contributed by atoms with Crippen LogP contribution in [0.1, 0.15) is 22.8 Å². The van der Waals surface area contributed by atoms with Gasteiger partial charge in [-0.15, -0.1) is 0 Å². The van der Waals surface area contributed by atoms with Gasteiger partial charge in [0, 0.05) is 5.56 Å². The van der Waals surface area contributed by atoms with Crippen LogP contribution in [0.5, 0.6) is 5.75 Å². The minimum Gasteiger partial charge on any atom is -0.496 e. The van der Waals surface area contributed by atoms with Gasteiger partial charge in [0.25, 0.3) is 0 Å². The van der Waals surface area contributed by atoms with Crippen molar-refractivity contribution < 1.29 is 14.3 Å². The standard InChI is InChI=1S/C19H18N2O3/c1-10-8-13-14(9-11(10)2)21-19-16(20-13)17(22)18(24-19)12-6-4-5-7-15(12)23-3/h4-9,16,18,20H,1-3H3/t16-,18-/m1/s1. The molecule has 1 N–H and O–H groups in total. The molecule has 24 heavy (non-hydrogen) atoms. The van der Waals surface area contributed by atoms with Crippen LogP contribution in [0.2, 0.25) is 0 Å². The molecule has 0 saturated carbocycles. The molecule has 2 aromatic carbocycles. The molecule has 0 aromatic heterocycles. The zero-order valence-electron chi connectivity index (χ0n) is 13.8. The van der Waals surface area contributed by atoms with Crippen molar-refractivity contribution >= 4 is 23.1 Å². The summed E-state index contributed by atoms with van der Waals surface area (Å²) in [5.74, 6) is 1.01. The SMILES string of the molecule is COc1ccccc1[C@H]1OC2=Nc3cc(C)c(C)cc3N[C@@H]2C1=O. The number of carbonyl (C=O) groups excluding carboxylic acids is 1. The largest absolute Gasteiger partial charge is 0.496 e. The zero-order valence-corrected chi connectivity index (χ0v) is 13.8. The number of nitrogens with zero attached hydrogens (tertiary/aromatic N) is 1. The first-order valence-corrected chi connectivity index (χ1v) is 7.88. The molecule has 5 heteroatoms. The second kappa shape index (κ2) is 5.37. The number of para-hydroxylation sites is 1. The van der Waals surface area contributed by atoms with Crippen molar-refractivity contribution in [3.05, 3.63) is 53.1 Å². The third-order valence-corrected chi connectivity index (χ3v) is 4.59. The molecule has 2 atom stereocenters. The van der Waals surface area contributed by atoms with Gasteiger partial charge in [0.1, 0.15) is 5.75 Å². The number of aryl methyl sites for hydroxylation is 2. The van der Waals surface area contributed by atoms with Gasteiger partial charge in [-0.2, -0.15) is 0 Å². The van der Waals surface area contributed by atoms with E-state index in [1.807, 2.05) is 50.2 Å². The molecule has 2 aromatic rings. The number of rotatable bonds is 2. The molecule has 0 bridgehead atoms. The number of benzene rings is 2. The Labute approximate surface area is 140 Å². The number of hydrogen-bond donors (Lipinski definition) is 1. The third kappa shape index (κ3) is 2.16. The van der Waals surface area contributed by atoms with Gasteiger partial charge in [0.05, 0.1) is 18.5 Å². The molecule has 2 heterocycles. The lowest BCUT2D eigenvalue weighted by Crippen LogP contribution is -2.34. The fourth-order valence-electron chi connectivity index (χ4n) is 3.13. The Bertz CT molecular complexity index is 873. The highest BCUT2D eigenvalue weighted by molar-refractivity contribution is 6.17. The first-order chi connectivity index (χ1) is 11.6. The second-order valence-electron chi connectivity index (χ2n) is 6.12. The highest BCUT2D eigenvalue weighted by atomic mass is 16.5. The van der Waals surface area contributed by atoms with E-state index in [0.717, 1.165) is 28.1 Å². The molecule has 0 radical (unpaired) electrons. The first kappa shape index (κ1) is 14.8. The molecule has 5 nitrogen and oxygen atoms in total. The molecular formula is C19H18N2O3. The Morgan fingerprint density at radius 1 is 1.17 bits per heavy atom. The lowest BCUT2D eigenvalue weighted by molar-refractivity contribution is -0.122. The van der Waals surface area contributed by atoms with Crippen LogP contribution < -0.4 is 10.1 Å². The van der Waals surface area contributed by atoms with Gasteiger partial charge < -0.3 is 14.8 Å². The summed E-state index contributed by atoms with van der Waals surface area (Å²) in [6.45, 7) is 4.08. The van der Waals surface area contributed by atoms with Crippen molar-refractivity contribution in [2.45, 2.75) is 26.0 Å². The smallest absolute Gasteiger partial charge is 0.220 e. The second-order valence-corrected chi connectivity index (χ2v) is 6.12. The minimum absolute atomic E-state index is 0.0536. The van der Waals surface area contributed by atoms with E-state index in [1.165, 1.54) is 0 Å². The molecule has 0 unspecified atom stereocenters. The summed E-state index contributed by atoms with van der Waals surface area (Å²) in [5.41, 5.74) is 4.71. The number of fused-ring (bicyclic) bond motifs is 2. The summed E-state index contributed by atoms with van der Waals surface area (Å²) >= 11 is 0. The van der Waals surface area contributed by atoms with E-state index in [4.69, 9.17) is 9.47 Å². The molecule has 122 valence electrons. The average Bonchev–Trinajstić information content (AvgIpc) is 2.90. The number of Topliss-reactive ketones (excluding diaryl/α,β-unsaturated/α-hetero) is 1. The van der Waals surface area contributed by atoms with E-state index in [1.54, 1.807) is 7.11 Å². The Hall–Kier alpha value is -2.82. The molecule has 4 rings (SSSR count). The van der Waals surface area contributed by atoms with Gasteiger partial charge >= 0.3 is 0 Å². The van der Waals surface area contributed by atoms with E-state index in [2.05, 4.69) is 10.3 Å². The molecule has 2 aliphatic heterocycles. The van der Waals surface area contributed by atoms with Crippen LogP contribution in [0, 0.1) is 13.8 Å². The van der Waals surface area contributed by atoms with E-state index in [0.29, 0.717) is 11.6 Å². The van der Waals surface area contributed by atoms with Crippen LogP contribution in [0.15, 0.2) is 41.4 Å². The zero-order chi connectivity index (χ0) is 16.8. The van der Waals surface area contributed by atoms with Crippen molar-refractivity contribution in [1.29, 1.82) is 0 Å². The number of anilines is 1. The number of hydrogen-bond acceptors (Lipinski definition) is 5. The van der Waals surface area contributed by atoms with Crippen molar-refractivity contribution in [2.75, 3.05) is 12.4 Å². The summed E-state index contributed by atoms with van der Waals surface area (Å²) in [6, 6.07) is 10.9. The molecule has 0 spiro atoms. The molecule has 2 aliphatic rings. The van der Waals surface area contributed by atoms with Gasteiger partial charge in [-0.05, 0) is 43.2 Å². The Morgan fingerprint density at radius 2 is 1.92 bits per heavy atom. The van der Waals surface area contributed by atoms with E-state index < -0.39 is 12.1 Å². The number of carbonyl (C=O) groups is 1. The van der Waals surface area contributed by atoms with Crippen LogP contribution in [-0.4, -0.2) is 24.8 Å². The lowest BCUT2D eigenvalue weighted by Gasteiger charge is -2.20. The summed E-state index contributed by atoms with van der Waals surface area (Å²) < 4.78 is 11.3. The summed E-state index contributed by atoms with van der Waals surface area (Å²) in [6.07, 6.45) is -0.700. The van der Waals surface area contributed by atoms with Crippen molar-refractivity contribution in [3.8, 4) is 5.75 Å². The highest BCUT2D eigenvalue weighted by Crippen LogP contribution is 2.40. The van der Waals surface area contributed by atoms with Gasteiger partial charge in [-0.1, -0.05) is 18.2 Å². The van der Waals surface area contributed by atoms with Crippen molar-refractivity contribution in [1.82, 2.24) is 0 Å². The number of methoxy groups -OCH3 is 1. The summed E-state index contributed by atoms with van der Waals surface area (Å²) in [7, 11) is 1.59. The predicted octanol–water partition coefficient (Wildman–Crippen LogP) is 3.48. The summed E-state index contributed by atoms with van der Waals surface area (Å²) in [5, 5.41) is 3.27. The first-order valence-electron chi connectivity index (χ1n) is 7.88. The van der Waals surface area contributed by atoms with Crippen LogP contribution >= 0.6 is 0 Å².